The van der Waals surface area contributed by atoms with Gasteiger partial charge in [-0.2, -0.15) is 0 Å². The maximum atomic E-state index is 12.0. The van der Waals surface area contributed by atoms with Crippen molar-refractivity contribution in [3.05, 3.63) is 11.1 Å². The Balaban J connectivity index is 2.74. The summed E-state index contributed by atoms with van der Waals surface area (Å²) in [6.07, 6.45) is 1.54. The minimum atomic E-state index is -0.831. The largest absolute Gasteiger partial charge is 0.318 e. The number of nitrogens with two attached hydrogens (primary N) is 1. The van der Waals surface area contributed by atoms with Crippen molar-refractivity contribution in [1.82, 2.24) is 4.98 Å². The average molecular weight is 269 g/mol. The van der Waals surface area contributed by atoms with Gasteiger partial charge in [0.15, 0.2) is 5.13 Å². The molecule has 0 aromatic carbocycles. The van der Waals surface area contributed by atoms with Crippen molar-refractivity contribution in [3.63, 3.8) is 0 Å². The summed E-state index contributed by atoms with van der Waals surface area (Å²) in [5.74, 6) is -0.167. The number of amides is 1. The second-order valence-corrected chi connectivity index (χ2v) is 6.77. The molecule has 0 aliphatic rings. The van der Waals surface area contributed by atoms with Crippen LogP contribution in [0.15, 0.2) is 5.38 Å². The van der Waals surface area contributed by atoms with E-state index >= 15 is 0 Å². The number of nitrogens with one attached hydrogen (secondary N) is 1. The Labute approximate surface area is 113 Å². The summed E-state index contributed by atoms with van der Waals surface area (Å²) in [5, 5.41) is 5.40. The smallest absolute Gasteiger partial charge is 0.245 e. The molecular weight excluding hydrogens is 246 g/mol. The minimum Gasteiger partial charge on any atom is -0.318 e. The van der Waals surface area contributed by atoms with Gasteiger partial charge < -0.3 is 11.1 Å². The van der Waals surface area contributed by atoms with E-state index in [-0.39, 0.29) is 11.3 Å². The van der Waals surface area contributed by atoms with Crippen LogP contribution in [-0.4, -0.2) is 16.4 Å². The lowest BCUT2D eigenvalue weighted by atomic mass is 9.93. The minimum absolute atomic E-state index is 0.00505. The van der Waals surface area contributed by atoms with Crippen molar-refractivity contribution in [1.29, 1.82) is 0 Å². The topological polar surface area (TPSA) is 68.0 Å². The number of hydrogen-bond donors (Lipinski definition) is 2. The van der Waals surface area contributed by atoms with Crippen LogP contribution in [0.2, 0.25) is 0 Å². The summed E-state index contributed by atoms with van der Waals surface area (Å²) in [4.78, 5) is 16.4. The van der Waals surface area contributed by atoms with Crippen molar-refractivity contribution in [2.24, 2.45) is 5.73 Å². The van der Waals surface area contributed by atoms with Gasteiger partial charge in [-0.05, 0) is 13.3 Å². The molecule has 0 saturated heterocycles. The maximum absolute atomic E-state index is 12.0. The molecule has 1 aromatic rings. The second-order valence-electron chi connectivity index (χ2n) is 5.91. The van der Waals surface area contributed by atoms with Crippen LogP contribution in [0.5, 0.6) is 0 Å². The monoisotopic (exact) mass is 269 g/mol. The molecule has 1 unspecified atom stereocenters. The van der Waals surface area contributed by atoms with Gasteiger partial charge in [0, 0.05) is 10.8 Å². The summed E-state index contributed by atoms with van der Waals surface area (Å²) in [7, 11) is 0. The fraction of sp³-hybridized carbons (Fsp3) is 0.692. The number of rotatable bonds is 4. The SMILES string of the molecule is CCCC(C)(N)C(=O)Nc1nc(C(C)(C)C)cs1. The lowest BCUT2D eigenvalue weighted by molar-refractivity contribution is -0.120. The zero-order chi connectivity index (χ0) is 14.0. The first-order chi connectivity index (χ1) is 8.16. The highest BCUT2D eigenvalue weighted by Gasteiger charge is 2.28. The van der Waals surface area contributed by atoms with E-state index < -0.39 is 5.54 Å². The van der Waals surface area contributed by atoms with Crippen LogP contribution in [0.4, 0.5) is 5.13 Å². The Morgan fingerprint density at radius 3 is 2.50 bits per heavy atom. The molecule has 0 fully saturated rings. The van der Waals surface area contributed by atoms with E-state index in [4.69, 9.17) is 5.73 Å². The van der Waals surface area contributed by atoms with Gasteiger partial charge in [0.05, 0.1) is 11.2 Å². The molecule has 1 amide bonds. The number of nitrogens with zero attached hydrogens (tertiary/aromatic N) is 1. The molecule has 1 aromatic heterocycles. The van der Waals surface area contributed by atoms with Crippen LogP contribution in [0, 0.1) is 0 Å². The van der Waals surface area contributed by atoms with Crippen LogP contribution in [0.25, 0.3) is 0 Å². The van der Waals surface area contributed by atoms with Crippen molar-refractivity contribution in [3.8, 4) is 0 Å². The Hall–Kier alpha value is -0.940. The molecule has 0 spiro atoms. The third-order valence-electron chi connectivity index (χ3n) is 2.78. The summed E-state index contributed by atoms with van der Waals surface area (Å²) in [6.45, 7) is 10.1. The quantitative estimate of drug-likeness (QED) is 0.883. The molecule has 0 radical (unpaired) electrons. The number of carbonyl (C=O) groups is 1. The highest BCUT2D eigenvalue weighted by Crippen LogP contribution is 2.26. The molecule has 1 heterocycles. The Bertz CT molecular complexity index is 418. The van der Waals surface area contributed by atoms with E-state index in [1.165, 1.54) is 11.3 Å². The van der Waals surface area contributed by atoms with E-state index in [1.54, 1.807) is 6.92 Å². The Morgan fingerprint density at radius 1 is 1.44 bits per heavy atom. The third kappa shape index (κ3) is 3.78. The highest BCUT2D eigenvalue weighted by atomic mass is 32.1. The molecule has 1 atom stereocenters. The normalized spacial score (nSPS) is 15.2. The number of aromatic nitrogens is 1. The highest BCUT2D eigenvalue weighted by molar-refractivity contribution is 7.14. The fourth-order valence-corrected chi connectivity index (χ4v) is 2.48. The van der Waals surface area contributed by atoms with Crippen molar-refractivity contribution < 1.29 is 4.79 Å². The average Bonchev–Trinajstić information content (AvgIpc) is 2.65. The first-order valence-electron chi connectivity index (χ1n) is 6.23. The first-order valence-corrected chi connectivity index (χ1v) is 7.11. The van der Waals surface area contributed by atoms with Crippen LogP contribution >= 0.6 is 11.3 Å². The molecule has 4 nitrogen and oxygen atoms in total. The molecule has 0 saturated carbocycles. The summed E-state index contributed by atoms with van der Waals surface area (Å²) in [5.41, 5.74) is 6.12. The van der Waals surface area contributed by atoms with E-state index in [2.05, 4.69) is 31.1 Å². The predicted molar refractivity (Wildman–Crippen MR) is 76.9 cm³/mol. The number of thiazole rings is 1. The van der Waals surface area contributed by atoms with E-state index in [0.29, 0.717) is 11.6 Å². The van der Waals surface area contributed by atoms with Gasteiger partial charge in [-0.1, -0.05) is 34.1 Å². The van der Waals surface area contributed by atoms with Gasteiger partial charge in [0.2, 0.25) is 5.91 Å². The molecule has 0 aliphatic heterocycles. The molecule has 102 valence electrons. The fourth-order valence-electron chi connectivity index (χ4n) is 1.55. The second kappa shape index (κ2) is 5.36. The van der Waals surface area contributed by atoms with Crippen LogP contribution in [-0.2, 0) is 10.2 Å². The Morgan fingerprint density at radius 2 is 2.06 bits per heavy atom. The van der Waals surface area contributed by atoms with Gasteiger partial charge >= 0.3 is 0 Å². The molecule has 18 heavy (non-hydrogen) atoms. The van der Waals surface area contributed by atoms with Crippen LogP contribution in [0.3, 0.4) is 0 Å². The lowest BCUT2D eigenvalue weighted by Gasteiger charge is -2.22. The number of hydrogen-bond acceptors (Lipinski definition) is 4. The molecule has 0 bridgehead atoms. The standard InChI is InChI=1S/C13H23N3OS/c1-6-7-13(5,14)10(17)16-11-15-9(8-18-11)12(2,3)4/h8H,6-7,14H2,1-5H3,(H,15,16,17). The predicted octanol–water partition coefficient (Wildman–Crippen LogP) is 2.90. The van der Waals surface area contributed by atoms with Gasteiger partial charge in [0.1, 0.15) is 0 Å². The van der Waals surface area contributed by atoms with Crippen molar-refractivity contribution in [2.45, 2.75) is 58.4 Å². The van der Waals surface area contributed by atoms with Gasteiger partial charge in [-0.3, -0.25) is 4.79 Å². The molecule has 3 N–H and O–H groups in total. The van der Waals surface area contributed by atoms with Crippen LogP contribution < -0.4 is 11.1 Å². The van der Waals surface area contributed by atoms with Gasteiger partial charge in [-0.25, -0.2) is 4.98 Å². The maximum Gasteiger partial charge on any atom is 0.245 e. The summed E-state index contributed by atoms with van der Waals surface area (Å²) < 4.78 is 0. The van der Waals surface area contributed by atoms with Gasteiger partial charge in [0.25, 0.3) is 0 Å². The van der Waals surface area contributed by atoms with E-state index in [1.807, 2.05) is 12.3 Å². The zero-order valence-corrected chi connectivity index (χ0v) is 12.6. The molecule has 1 rings (SSSR count). The molecular formula is C13H23N3OS. The van der Waals surface area contributed by atoms with Crippen molar-refractivity contribution >= 4 is 22.4 Å². The van der Waals surface area contributed by atoms with E-state index in [0.717, 1.165) is 12.1 Å². The van der Waals surface area contributed by atoms with Gasteiger partial charge in [-0.15, -0.1) is 11.3 Å². The summed E-state index contributed by atoms with van der Waals surface area (Å²) in [6, 6.07) is 0. The van der Waals surface area contributed by atoms with Crippen molar-refractivity contribution in [2.75, 3.05) is 5.32 Å². The summed E-state index contributed by atoms with van der Waals surface area (Å²) >= 11 is 1.44. The number of carbonyl (C=O) groups excluding carboxylic acids is 1. The third-order valence-corrected chi connectivity index (χ3v) is 3.54. The number of anilines is 1. The Kier molecular flexibility index (Phi) is 4.50. The molecule has 5 heteroatoms. The molecule has 0 aliphatic carbocycles. The zero-order valence-electron chi connectivity index (χ0n) is 11.8. The van der Waals surface area contributed by atoms with E-state index in [9.17, 15) is 4.79 Å². The first kappa shape index (κ1) is 15.1. The van der Waals surface area contributed by atoms with Crippen LogP contribution in [0.1, 0.15) is 53.2 Å². The lowest BCUT2D eigenvalue weighted by Crippen LogP contribution is -2.48.